The first kappa shape index (κ1) is 13.3. The lowest BCUT2D eigenvalue weighted by Gasteiger charge is -2.04. The molecular formula is C14H13BrO2S. The predicted molar refractivity (Wildman–Crippen MR) is 77.7 cm³/mol. The van der Waals surface area contributed by atoms with Crippen molar-refractivity contribution >= 4 is 33.0 Å². The van der Waals surface area contributed by atoms with Crippen molar-refractivity contribution in [1.29, 1.82) is 0 Å². The Hall–Kier alpha value is -1.13. The molecule has 0 unspecified atom stereocenters. The third-order valence-electron chi connectivity index (χ3n) is 2.38. The molecule has 0 atom stereocenters. The van der Waals surface area contributed by atoms with Gasteiger partial charge in [-0.1, -0.05) is 6.92 Å². The van der Waals surface area contributed by atoms with Gasteiger partial charge in [0.1, 0.15) is 5.75 Å². The van der Waals surface area contributed by atoms with E-state index in [1.54, 1.807) is 12.1 Å². The molecule has 1 aromatic carbocycles. The van der Waals surface area contributed by atoms with E-state index < -0.39 is 0 Å². The molecule has 0 radical (unpaired) electrons. The van der Waals surface area contributed by atoms with Gasteiger partial charge in [0, 0.05) is 15.4 Å². The first-order valence-electron chi connectivity index (χ1n) is 5.72. The van der Waals surface area contributed by atoms with Crippen LogP contribution in [0.1, 0.15) is 28.6 Å². The van der Waals surface area contributed by atoms with Gasteiger partial charge < -0.3 is 4.74 Å². The smallest absolute Gasteiger partial charge is 0.202 e. The molecule has 0 N–H and O–H groups in total. The van der Waals surface area contributed by atoms with E-state index >= 15 is 0 Å². The fraction of sp³-hybridized carbons (Fsp3) is 0.214. The summed E-state index contributed by atoms with van der Waals surface area (Å²) in [5.74, 6) is 0.855. The van der Waals surface area contributed by atoms with Gasteiger partial charge >= 0.3 is 0 Å². The summed E-state index contributed by atoms with van der Waals surface area (Å²) in [6.45, 7) is 2.76. The second kappa shape index (κ2) is 6.16. The summed E-state index contributed by atoms with van der Waals surface area (Å²) in [5, 5.41) is 1.91. The molecule has 0 saturated heterocycles. The first-order chi connectivity index (χ1) is 8.70. The minimum absolute atomic E-state index is 0.0488. The molecule has 2 rings (SSSR count). The number of carbonyl (C=O) groups excluding carboxylic acids is 1. The lowest BCUT2D eigenvalue weighted by molar-refractivity contribution is 0.104. The maximum atomic E-state index is 12.1. The number of hydrogen-bond acceptors (Lipinski definition) is 3. The Morgan fingerprint density at radius 2 is 2.06 bits per heavy atom. The van der Waals surface area contributed by atoms with Gasteiger partial charge in [-0.05, 0) is 52.7 Å². The third-order valence-corrected chi connectivity index (χ3v) is 4.07. The Morgan fingerprint density at radius 3 is 2.61 bits per heavy atom. The molecule has 18 heavy (non-hydrogen) atoms. The minimum atomic E-state index is 0.0488. The van der Waals surface area contributed by atoms with Crippen molar-refractivity contribution in [3.05, 3.63) is 50.6 Å². The summed E-state index contributed by atoms with van der Waals surface area (Å²) in [6, 6.07) is 9.13. The molecule has 0 spiro atoms. The molecule has 1 aromatic heterocycles. The van der Waals surface area contributed by atoms with Gasteiger partial charge in [0.05, 0.1) is 11.5 Å². The highest BCUT2D eigenvalue weighted by Gasteiger charge is 2.11. The van der Waals surface area contributed by atoms with Gasteiger partial charge in [-0.15, -0.1) is 11.3 Å². The minimum Gasteiger partial charge on any atom is -0.494 e. The fourth-order valence-electron chi connectivity index (χ4n) is 1.50. The number of thiophene rings is 1. The van der Waals surface area contributed by atoms with Crippen LogP contribution in [0.5, 0.6) is 5.75 Å². The maximum Gasteiger partial charge on any atom is 0.202 e. The van der Waals surface area contributed by atoms with Crippen molar-refractivity contribution in [2.75, 3.05) is 6.61 Å². The molecule has 0 amide bonds. The normalized spacial score (nSPS) is 10.3. The summed E-state index contributed by atoms with van der Waals surface area (Å²) in [5.41, 5.74) is 0.688. The van der Waals surface area contributed by atoms with E-state index in [0.29, 0.717) is 12.2 Å². The summed E-state index contributed by atoms with van der Waals surface area (Å²) in [6.07, 6.45) is 0.976. The summed E-state index contributed by atoms with van der Waals surface area (Å²) >= 11 is 4.79. The predicted octanol–water partition coefficient (Wildman–Crippen LogP) is 4.53. The zero-order valence-corrected chi connectivity index (χ0v) is 12.4. The van der Waals surface area contributed by atoms with Crippen LogP contribution < -0.4 is 4.74 Å². The molecule has 0 fully saturated rings. The van der Waals surface area contributed by atoms with Gasteiger partial charge in [0.25, 0.3) is 0 Å². The van der Waals surface area contributed by atoms with E-state index in [1.807, 2.05) is 23.6 Å². The molecule has 94 valence electrons. The summed E-state index contributed by atoms with van der Waals surface area (Å²) < 4.78 is 6.43. The van der Waals surface area contributed by atoms with Crippen LogP contribution in [0.25, 0.3) is 0 Å². The molecule has 4 heteroatoms. The Labute approximate surface area is 119 Å². The number of rotatable bonds is 5. The van der Waals surface area contributed by atoms with Gasteiger partial charge in [0.15, 0.2) is 0 Å². The highest BCUT2D eigenvalue weighted by molar-refractivity contribution is 9.10. The summed E-state index contributed by atoms with van der Waals surface area (Å²) in [4.78, 5) is 12.9. The SMILES string of the molecule is CCCOc1ccc(C(=O)c2cc(Br)cs2)cc1. The standard InChI is InChI=1S/C14H13BrO2S/c1-2-7-17-12-5-3-10(4-6-12)14(16)13-8-11(15)9-18-13/h3-6,8-9H,2,7H2,1H3. The van der Waals surface area contributed by atoms with E-state index in [4.69, 9.17) is 4.74 Å². The molecule has 0 aliphatic rings. The highest BCUT2D eigenvalue weighted by Crippen LogP contribution is 2.23. The lowest BCUT2D eigenvalue weighted by Crippen LogP contribution is -1.99. The van der Waals surface area contributed by atoms with E-state index in [0.717, 1.165) is 21.5 Å². The van der Waals surface area contributed by atoms with Gasteiger partial charge in [-0.25, -0.2) is 0 Å². The zero-order chi connectivity index (χ0) is 13.0. The van der Waals surface area contributed by atoms with Crippen LogP contribution in [0.2, 0.25) is 0 Å². The van der Waals surface area contributed by atoms with Crippen LogP contribution in [0.4, 0.5) is 0 Å². The molecule has 0 aliphatic heterocycles. The average molecular weight is 325 g/mol. The Morgan fingerprint density at radius 1 is 1.33 bits per heavy atom. The Balaban J connectivity index is 2.12. The topological polar surface area (TPSA) is 26.3 Å². The second-order valence-corrected chi connectivity index (χ2v) is 5.66. The first-order valence-corrected chi connectivity index (χ1v) is 7.39. The van der Waals surface area contributed by atoms with E-state index in [-0.39, 0.29) is 5.78 Å². The van der Waals surface area contributed by atoms with E-state index in [9.17, 15) is 4.79 Å². The monoisotopic (exact) mass is 324 g/mol. The van der Waals surface area contributed by atoms with Crippen LogP contribution in [0.3, 0.4) is 0 Å². The maximum absolute atomic E-state index is 12.1. The van der Waals surface area contributed by atoms with E-state index in [1.165, 1.54) is 11.3 Å². The Bertz CT molecular complexity index is 531. The van der Waals surface area contributed by atoms with E-state index in [2.05, 4.69) is 22.9 Å². The van der Waals surface area contributed by atoms with Crippen LogP contribution in [-0.2, 0) is 0 Å². The van der Waals surface area contributed by atoms with Gasteiger partial charge in [0.2, 0.25) is 5.78 Å². The zero-order valence-electron chi connectivity index (χ0n) is 9.98. The molecule has 0 bridgehead atoms. The third kappa shape index (κ3) is 3.21. The number of ketones is 1. The van der Waals surface area contributed by atoms with Crippen molar-refractivity contribution in [3.8, 4) is 5.75 Å². The largest absolute Gasteiger partial charge is 0.494 e. The molecule has 2 nitrogen and oxygen atoms in total. The van der Waals surface area contributed by atoms with Crippen molar-refractivity contribution in [3.63, 3.8) is 0 Å². The van der Waals surface area contributed by atoms with Crippen LogP contribution in [0.15, 0.2) is 40.2 Å². The van der Waals surface area contributed by atoms with Crippen LogP contribution in [0, 0.1) is 0 Å². The molecular weight excluding hydrogens is 312 g/mol. The average Bonchev–Trinajstić information content (AvgIpc) is 2.83. The summed E-state index contributed by atoms with van der Waals surface area (Å²) in [7, 11) is 0. The van der Waals surface area contributed by atoms with Crippen LogP contribution >= 0.6 is 27.3 Å². The molecule has 2 aromatic rings. The number of benzene rings is 1. The van der Waals surface area contributed by atoms with Gasteiger partial charge in [-0.3, -0.25) is 4.79 Å². The lowest BCUT2D eigenvalue weighted by atomic mass is 10.1. The van der Waals surface area contributed by atoms with Crippen molar-refractivity contribution in [2.45, 2.75) is 13.3 Å². The fourth-order valence-corrected chi connectivity index (χ4v) is 2.89. The van der Waals surface area contributed by atoms with Gasteiger partial charge in [-0.2, -0.15) is 0 Å². The Kier molecular flexibility index (Phi) is 4.55. The number of hydrogen-bond donors (Lipinski definition) is 0. The number of ether oxygens (including phenoxy) is 1. The second-order valence-electron chi connectivity index (χ2n) is 3.83. The highest BCUT2D eigenvalue weighted by atomic mass is 79.9. The van der Waals surface area contributed by atoms with Crippen molar-refractivity contribution in [2.24, 2.45) is 0 Å². The molecule has 1 heterocycles. The number of halogens is 1. The quantitative estimate of drug-likeness (QED) is 0.755. The van der Waals surface area contributed by atoms with Crippen molar-refractivity contribution in [1.82, 2.24) is 0 Å². The van der Waals surface area contributed by atoms with Crippen LogP contribution in [-0.4, -0.2) is 12.4 Å². The van der Waals surface area contributed by atoms with Crippen molar-refractivity contribution < 1.29 is 9.53 Å². The number of carbonyl (C=O) groups is 1. The molecule has 0 aliphatic carbocycles. The molecule has 0 saturated carbocycles.